The van der Waals surface area contributed by atoms with Crippen molar-refractivity contribution in [3.05, 3.63) is 0 Å². The molecule has 0 aromatic carbocycles. The molecule has 2 saturated heterocycles. The fourth-order valence-electron chi connectivity index (χ4n) is 2.63. The summed E-state index contributed by atoms with van der Waals surface area (Å²) in [6.07, 6.45) is 1.77. The summed E-state index contributed by atoms with van der Waals surface area (Å²) in [5.74, 6) is 2.47. The van der Waals surface area contributed by atoms with Crippen LogP contribution in [0.4, 0.5) is 0 Å². The van der Waals surface area contributed by atoms with Gasteiger partial charge in [-0.15, -0.1) is 0 Å². The van der Waals surface area contributed by atoms with Gasteiger partial charge in [-0.05, 0) is 24.2 Å². The Morgan fingerprint density at radius 3 is 2.47 bits per heavy atom. The number of hydrogen-bond acceptors (Lipinski definition) is 2. The SMILES string of the molecule is CC(C)CCC(=O)N1CC2CNCC2C1. The van der Waals surface area contributed by atoms with Gasteiger partial charge in [0.15, 0.2) is 0 Å². The van der Waals surface area contributed by atoms with Crippen molar-refractivity contribution in [1.82, 2.24) is 10.2 Å². The summed E-state index contributed by atoms with van der Waals surface area (Å²) in [5.41, 5.74) is 0. The van der Waals surface area contributed by atoms with E-state index in [-0.39, 0.29) is 0 Å². The second-order valence-electron chi connectivity index (χ2n) is 5.41. The molecular weight excluding hydrogens is 188 g/mol. The van der Waals surface area contributed by atoms with Crippen molar-refractivity contribution in [2.45, 2.75) is 26.7 Å². The molecule has 15 heavy (non-hydrogen) atoms. The Hall–Kier alpha value is -0.570. The zero-order valence-corrected chi connectivity index (χ0v) is 9.83. The molecule has 1 amide bonds. The lowest BCUT2D eigenvalue weighted by atomic mass is 10.0. The van der Waals surface area contributed by atoms with Crippen molar-refractivity contribution in [3.63, 3.8) is 0 Å². The molecule has 86 valence electrons. The standard InChI is InChI=1S/C12H22N2O/c1-9(2)3-4-12(15)14-7-10-5-13-6-11(10)8-14/h9-11,13H,3-8H2,1-2H3. The molecule has 2 fully saturated rings. The molecule has 0 spiro atoms. The summed E-state index contributed by atoms with van der Waals surface area (Å²) in [5, 5.41) is 3.40. The predicted molar refractivity (Wildman–Crippen MR) is 60.5 cm³/mol. The molecule has 0 radical (unpaired) electrons. The number of nitrogens with zero attached hydrogens (tertiary/aromatic N) is 1. The summed E-state index contributed by atoms with van der Waals surface area (Å²) in [6.45, 7) is 8.56. The highest BCUT2D eigenvalue weighted by molar-refractivity contribution is 5.76. The third-order valence-corrected chi connectivity index (χ3v) is 3.68. The van der Waals surface area contributed by atoms with Gasteiger partial charge in [0.2, 0.25) is 5.91 Å². The van der Waals surface area contributed by atoms with Crippen LogP contribution in [-0.2, 0) is 4.79 Å². The van der Waals surface area contributed by atoms with Crippen molar-refractivity contribution in [1.29, 1.82) is 0 Å². The molecule has 2 rings (SSSR count). The predicted octanol–water partition coefficient (Wildman–Crippen LogP) is 1.10. The third-order valence-electron chi connectivity index (χ3n) is 3.68. The lowest BCUT2D eigenvalue weighted by Crippen LogP contribution is -2.31. The van der Waals surface area contributed by atoms with Crippen molar-refractivity contribution < 1.29 is 4.79 Å². The molecule has 2 unspecified atom stereocenters. The van der Waals surface area contributed by atoms with E-state index in [0.29, 0.717) is 11.8 Å². The van der Waals surface area contributed by atoms with E-state index in [1.807, 2.05) is 0 Å². The summed E-state index contributed by atoms with van der Waals surface area (Å²) in [7, 11) is 0. The second kappa shape index (κ2) is 4.52. The minimum atomic E-state index is 0.373. The normalized spacial score (nSPS) is 29.9. The van der Waals surface area contributed by atoms with Crippen LogP contribution in [0.5, 0.6) is 0 Å². The Morgan fingerprint density at radius 2 is 1.93 bits per heavy atom. The van der Waals surface area contributed by atoms with Crippen molar-refractivity contribution in [3.8, 4) is 0 Å². The Labute approximate surface area is 92.2 Å². The number of carbonyl (C=O) groups excluding carboxylic acids is 1. The summed E-state index contributed by atoms with van der Waals surface area (Å²) < 4.78 is 0. The molecule has 3 nitrogen and oxygen atoms in total. The van der Waals surface area contributed by atoms with Gasteiger partial charge in [-0.3, -0.25) is 4.79 Å². The van der Waals surface area contributed by atoms with Gasteiger partial charge in [0.1, 0.15) is 0 Å². The Bertz CT molecular complexity index is 228. The number of fused-ring (bicyclic) bond motifs is 1. The fourth-order valence-corrected chi connectivity index (χ4v) is 2.63. The first-order valence-electron chi connectivity index (χ1n) is 6.15. The highest BCUT2D eigenvalue weighted by Crippen LogP contribution is 2.26. The fraction of sp³-hybridized carbons (Fsp3) is 0.917. The molecule has 0 aromatic rings. The van der Waals surface area contributed by atoms with Crippen molar-refractivity contribution in [2.75, 3.05) is 26.2 Å². The van der Waals surface area contributed by atoms with E-state index in [2.05, 4.69) is 24.1 Å². The third kappa shape index (κ3) is 2.51. The van der Waals surface area contributed by atoms with Crippen molar-refractivity contribution >= 4 is 5.91 Å². The van der Waals surface area contributed by atoms with Crippen LogP contribution in [0, 0.1) is 17.8 Å². The largest absolute Gasteiger partial charge is 0.342 e. The van der Waals surface area contributed by atoms with Gasteiger partial charge in [0.25, 0.3) is 0 Å². The molecule has 0 aromatic heterocycles. The van der Waals surface area contributed by atoms with Gasteiger partial charge in [-0.25, -0.2) is 0 Å². The first-order valence-corrected chi connectivity index (χ1v) is 6.15. The Morgan fingerprint density at radius 1 is 1.33 bits per heavy atom. The van der Waals surface area contributed by atoms with Gasteiger partial charge in [-0.2, -0.15) is 0 Å². The van der Waals surface area contributed by atoms with E-state index < -0.39 is 0 Å². The summed E-state index contributed by atoms with van der Waals surface area (Å²) in [4.78, 5) is 14.0. The zero-order chi connectivity index (χ0) is 10.8. The van der Waals surface area contributed by atoms with Gasteiger partial charge in [-0.1, -0.05) is 13.8 Å². The lowest BCUT2D eigenvalue weighted by Gasteiger charge is -2.17. The smallest absolute Gasteiger partial charge is 0.222 e. The minimum absolute atomic E-state index is 0.373. The van der Waals surface area contributed by atoms with Gasteiger partial charge in [0, 0.05) is 32.6 Å². The molecule has 1 N–H and O–H groups in total. The van der Waals surface area contributed by atoms with Crippen LogP contribution < -0.4 is 5.32 Å². The van der Waals surface area contributed by atoms with Gasteiger partial charge < -0.3 is 10.2 Å². The highest BCUT2D eigenvalue weighted by Gasteiger charge is 2.37. The van der Waals surface area contributed by atoms with Crippen LogP contribution in [0.2, 0.25) is 0 Å². The second-order valence-corrected chi connectivity index (χ2v) is 5.41. The van der Waals surface area contributed by atoms with Crippen molar-refractivity contribution in [2.24, 2.45) is 17.8 Å². The van der Waals surface area contributed by atoms with E-state index in [9.17, 15) is 4.79 Å². The molecule has 0 aliphatic carbocycles. The molecule has 0 bridgehead atoms. The average Bonchev–Trinajstić information content (AvgIpc) is 2.72. The van der Waals surface area contributed by atoms with E-state index in [1.54, 1.807) is 0 Å². The first-order chi connectivity index (χ1) is 7.16. The Kier molecular flexibility index (Phi) is 3.29. The van der Waals surface area contributed by atoms with Crippen LogP contribution in [0.25, 0.3) is 0 Å². The molecular formula is C12H22N2O. The topological polar surface area (TPSA) is 32.3 Å². The number of amides is 1. The number of likely N-dealkylation sites (tertiary alicyclic amines) is 1. The van der Waals surface area contributed by atoms with Crippen LogP contribution in [-0.4, -0.2) is 37.0 Å². The van der Waals surface area contributed by atoms with Gasteiger partial charge >= 0.3 is 0 Å². The molecule has 0 saturated carbocycles. The number of nitrogens with one attached hydrogen (secondary N) is 1. The maximum atomic E-state index is 11.9. The molecule has 2 heterocycles. The minimum Gasteiger partial charge on any atom is -0.342 e. The highest BCUT2D eigenvalue weighted by atomic mass is 16.2. The maximum Gasteiger partial charge on any atom is 0.222 e. The molecule has 2 aliphatic heterocycles. The molecule has 2 atom stereocenters. The lowest BCUT2D eigenvalue weighted by molar-refractivity contribution is -0.130. The summed E-state index contributed by atoms with van der Waals surface area (Å²) >= 11 is 0. The van der Waals surface area contributed by atoms with Crippen LogP contribution in [0.1, 0.15) is 26.7 Å². The van der Waals surface area contributed by atoms with Crippen LogP contribution in [0.15, 0.2) is 0 Å². The quantitative estimate of drug-likeness (QED) is 0.756. The Balaban J connectivity index is 1.78. The number of rotatable bonds is 3. The average molecular weight is 210 g/mol. The first kappa shape index (κ1) is 10.9. The monoisotopic (exact) mass is 210 g/mol. The maximum absolute atomic E-state index is 11.9. The van der Waals surface area contributed by atoms with E-state index >= 15 is 0 Å². The van der Waals surface area contributed by atoms with E-state index in [4.69, 9.17) is 0 Å². The number of carbonyl (C=O) groups is 1. The van der Waals surface area contributed by atoms with E-state index in [0.717, 1.165) is 50.9 Å². The van der Waals surface area contributed by atoms with E-state index in [1.165, 1.54) is 0 Å². The number of hydrogen-bond donors (Lipinski definition) is 1. The van der Waals surface area contributed by atoms with Gasteiger partial charge in [0.05, 0.1) is 0 Å². The zero-order valence-electron chi connectivity index (χ0n) is 9.83. The van der Waals surface area contributed by atoms with Crippen LogP contribution in [0.3, 0.4) is 0 Å². The molecule has 3 heteroatoms. The summed E-state index contributed by atoms with van der Waals surface area (Å²) in [6, 6.07) is 0. The van der Waals surface area contributed by atoms with Crippen LogP contribution >= 0.6 is 0 Å². The molecule has 2 aliphatic rings.